The Morgan fingerprint density at radius 2 is 2.00 bits per heavy atom. The summed E-state index contributed by atoms with van der Waals surface area (Å²) in [5, 5.41) is 12.5. The fraction of sp³-hybridized carbons (Fsp3) is 0.360. The van der Waals surface area contributed by atoms with Gasteiger partial charge in [0.25, 0.3) is 0 Å². The molecule has 8 nitrogen and oxygen atoms in total. The lowest BCUT2D eigenvalue weighted by Gasteiger charge is -2.27. The Bertz CT molecular complexity index is 1360. The number of carbonyl (C=O) groups excluding carboxylic acids is 1. The van der Waals surface area contributed by atoms with Crippen molar-refractivity contribution in [3.05, 3.63) is 70.0 Å². The molecule has 0 radical (unpaired) electrons. The number of hydrogen-bond donors (Lipinski definition) is 1. The largest absolute Gasteiger partial charge is 0.302 e. The molecule has 1 N–H and O–H groups in total. The van der Waals surface area contributed by atoms with Crippen molar-refractivity contribution in [1.82, 2.24) is 14.9 Å². The molecule has 3 heterocycles. The maximum absolute atomic E-state index is 12.6. The standard InChI is InChI=1S/C25H27N5O3S2/c1-4-35(32,33)20-9-6-17(7-10-20)11-22(31)28-25-29-23-21(34-25)15-30(24(23)16(2)3)14-19-8-5-18(12-26)13-27-19/h5-10,13,16,24H,4,11,14-15H2,1-3H3,(H,28,29,31). The minimum Gasteiger partial charge on any atom is -0.302 e. The number of sulfone groups is 1. The highest BCUT2D eigenvalue weighted by Gasteiger charge is 2.36. The molecule has 35 heavy (non-hydrogen) atoms. The van der Waals surface area contributed by atoms with Gasteiger partial charge in [-0.15, -0.1) is 11.3 Å². The number of nitrogens with zero attached hydrogens (tertiary/aromatic N) is 4. The van der Waals surface area contributed by atoms with Crippen LogP contribution in [-0.2, 0) is 34.1 Å². The normalized spacial score (nSPS) is 15.7. The van der Waals surface area contributed by atoms with Crippen molar-refractivity contribution in [1.29, 1.82) is 5.26 Å². The van der Waals surface area contributed by atoms with Gasteiger partial charge in [-0.25, -0.2) is 13.4 Å². The summed E-state index contributed by atoms with van der Waals surface area (Å²) in [6.07, 6.45) is 1.73. The van der Waals surface area contributed by atoms with Crippen LogP contribution in [0.4, 0.5) is 5.13 Å². The zero-order valence-corrected chi connectivity index (χ0v) is 21.5. The van der Waals surface area contributed by atoms with Crippen LogP contribution in [0.15, 0.2) is 47.5 Å². The van der Waals surface area contributed by atoms with Gasteiger partial charge in [-0.05, 0) is 35.7 Å². The molecule has 1 unspecified atom stereocenters. The SMILES string of the molecule is CCS(=O)(=O)c1ccc(CC(=O)Nc2nc3c(s2)CN(Cc2ccc(C#N)cn2)C3C(C)C)cc1. The van der Waals surface area contributed by atoms with Crippen LogP contribution in [0.2, 0.25) is 0 Å². The summed E-state index contributed by atoms with van der Waals surface area (Å²) in [6.45, 7) is 7.29. The summed E-state index contributed by atoms with van der Waals surface area (Å²) >= 11 is 1.48. The Kier molecular flexibility index (Phi) is 7.31. The molecule has 0 saturated carbocycles. The molecule has 0 fully saturated rings. The third-order valence-electron chi connectivity index (χ3n) is 5.97. The molecular weight excluding hydrogens is 482 g/mol. The van der Waals surface area contributed by atoms with Crippen LogP contribution >= 0.6 is 11.3 Å². The number of hydrogen-bond acceptors (Lipinski definition) is 8. The molecule has 0 aliphatic carbocycles. The first kappa shape index (κ1) is 25.0. The summed E-state index contributed by atoms with van der Waals surface area (Å²) in [5.41, 5.74) is 3.17. The maximum Gasteiger partial charge on any atom is 0.230 e. The van der Waals surface area contributed by atoms with Crippen LogP contribution in [-0.4, -0.2) is 34.9 Å². The van der Waals surface area contributed by atoms with E-state index in [4.69, 9.17) is 10.2 Å². The molecule has 3 aromatic rings. The third-order valence-corrected chi connectivity index (χ3v) is 8.69. The first-order valence-electron chi connectivity index (χ1n) is 11.4. The molecular formula is C25H27N5O3S2. The number of aromatic nitrogens is 2. The van der Waals surface area contributed by atoms with Gasteiger partial charge >= 0.3 is 0 Å². The third kappa shape index (κ3) is 5.59. The molecule has 0 spiro atoms. The fourth-order valence-electron chi connectivity index (χ4n) is 4.23. The predicted octanol–water partition coefficient (Wildman–Crippen LogP) is 4.10. The Morgan fingerprint density at radius 1 is 1.26 bits per heavy atom. The zero-order chi connectivity index (χ0) is 25.2. The van der Waals surface area contributed by atoms with Gasteiger partial charge in [0.1, 0.15) is 6.07 Å². The molecule has 10 heteroatoms. The molecule has 1 aliphatic rings. The number of benzene rings is 1. The van der Waals surface area contributed by atoms with Crippen molar-refractivity contribution in [2.24, 2.45) is 5.92 Å². The summed E-state index contributed by atoms with van der Waals surface area (Å²) in [6, 6.07) is 12.3. The Hall–Kier alpha value is -3.13. The smallest absolute Gasteiger partial charge is 0.230 e. The van der Waals surface area contributed by atoms with Crippen LogP contribution in [0.1, 0.15) is 54.2 Å². The second-order valence-corrected chi connectivity index (χ2v) is 12.2. The topological polar surface area (TPSA) is 116 Å². The van der Waals surface area contributed by atoms with Gasteiger partial charge in [-0.2, -0.15) is 5.26 Å². The van der Waals surface area contributed by atoms with Crippen molar-refractivity contribution in [3.8, 4) is 6.07 Å². The average molecular weight is 510 g/mol. The highest BCUT2D eigenvalue weighted by atomic mass is 32.2. The minimum absolute atomic E-state index is 0.0420. The van der Waals surface area contributed by atoms with Crippen molar-refractivity contribution >= 4 is 32.2 Å². The number of amides is 1. The quantitative estimate of drug-likeness (QED) is 0.486. The highest BCUT2D eigenvalue weighted by molar-refractivity contribution is 7.91. The van der Waals surface area contributed by atoms with Crippen LogP contribution < -0.4 is 5.32 Å². The number of carbonyl (C=O) groups is 1. The lowest BCUT2D eigenvalue weighted by molar-refractivity contribution is -0.115. The van der Waals surface area contributed by atoms with Crippen molar-refractivity contribution in [2.45, 2.75) is 51.2 Å². The lowest BCUT2D eigenvalue weighted by atomic mass is 10.0. The number of pyridine rings is 1. The summed E-state index contributed by atoms with van der Waals surface area (Å²) in [5.74, 6) is 0.168. The molecule has 1 aromatic carbocycles. The number of rotatable bonds is 8. The van der Waals surface area contributed by atoms with Gasteiger partial charge in [0.2, 0.25) is 5.91 Å². The zero-order valence-electron chi connectivity index (χ0n) is 19.9. The highest BCUT2D eigenvalue weighted by Crippen LogP contribution is 2.42. The Morgan fingerprint density at radius 3 is 2.60 bits per heavy atom. The number of nitriles is 1. The molecule has 0 saturated heterocycles. The summed E-state index contributed by atoms with van der Waals surface area (Å²) in [7, 11) is -3.26. The monoisotopic (exact) mass is 509 g/mol. The van der Waals surface area contributed by atoms with Crippen LogP contribution in [0.3, 0.4) is 0 Å². The average Bonchev–Trinajstić information content (AvgIpc) is 3.36. The van der Waals surface area contributed by atoms with Gasteiger partial charge < -0.3 is 5.32 Å². The lowest BCUT2D eigenvalue weighted by Crippen LogP contribution is -2.26. The van der Waals surface area contributed by atoms with Crippen LogP contribution in [0.25, 0.3) is 0 Å². The van der Waals surface area contributed by atoms with Crippen molar-refractivity contribution in [2.75, 3.05) is 11.1 Å². The number of fused-ring (bicyclic) bond motifs is 1. The molecule has 1 aliphatic heterocycles. The van der Waals surface area contributed by atoms with E-state index < -0.39 is 9.84 Å². The first-order chi connectivity index (χ1) is 16.7. The molecule has 4 rings (SSSR count). The van der Waals surface area contributed by atoms with E-state index in [1.54, 1.807) is 43.5 Å². The second-order valence-electron chi connectivity index (χ2n) is 8.84. The van der Waals surface area contributed by atoms with E-state index in [0.29, 0.717) is 23.2 Å². The number of anilines is 1. The predicted molar refractivity (Wildman–Crippen MR) is 134 cm³/mol. The van der Waals surface area contributed by atoms with E-state index in [0.717, 1.165) is 28.4 Å². The van der Waals surface area contributed by atoms with Gasteiger partial charge in [0.15, 0.2) is 15.0 Å². The number of nitrogens with one attached hydrogen (secondary N) is 1. The van der Waals surface area contributed by atoms with Gasteiger partial charge in [0.05, 0.1) is 40.1 Å². The summed E-state index contributed by atoms with van der Waals surface area (Å²) in [4.78, 5) is 25.5. The van der Waals surface area contributed by atoms with Crippen molar-refractivity contribution < 1.29 is 13.2 Å². The summed E-state index contributed by atoms with van der Waals surface area (Å²) < 4.78 is 23.9. The maximum atomic E-state index is 12.6. The Balaban J connectivity index is 1.41. The number of thiazole rings is 1. The molecule has 1 amide bonds. The van der Waals surface area contributed by atoms with E-state index >= 15 is 0 Å². The van der Waals surface area contributed by atoms with E-state index in [2.05, 4.69) is 35.1 Å². The van der Waals surface area contributed by atoms with E-state index in [-0.39, 0.29) is 29.0 Å². The van der Waals surface area contributed by atoms with E-state index in [9.17, 15) is 13.2 Å². The van der Waals surface area contributed by atoms with Gasteiger partial charge in [-0.1, -0.05) is 32.9 Å². The molecule has 182 valence electrons. The van der Waals surface area contributed by atoms with Crippen LogP contribution in [0, 0.1) is 17.2 Å². The van der Waals surface area contributed by atoms with Crippen LogP contribution in [0.5, 0.6) is 0 Å². The fourth-order valence-corrected chi connectivity index (χ4v) is 6.16. The van der Waals surface area contributed by atoms with Crippen molar-refractivity contribution in [3.63, 3.8) is 0 Å². The van der Waals surface area contributed by atoms with E-state index in [1.165, 1.54) is 11.3 Å². The minimum atomic E-state index is -3.26. The first-order valence-corrected chi connectivity index (χ1v) is 13.9. The molecule has 2 aromatic heterocycles. The van der Waals surface area contributed by atoms with Gasteiger partial charge in [-0.3, -0.25) is 14.7 Å². The Labute approximate surface area is 209 Å². The van der Waals surface area contributed by atoms with E-state index in [1.807, 2.05) is 6.07 Å². The molecule has 0 bridgehead atoms. The second kappa shape index (κ2) is 10.2. The molecule has 1 atom stereocenters. The van der Waals surface area contributed by atoms with Gasteiger partial charge in [0, 0.05) is 24.2 Å².